The fraction of sp³-hybridized carbons (Fsp3) is 0.333. The van der Waals surface area contributed by atoms with Crippen LogP contribution in [0.2, 0.25) is 0 Å². The van der Waals surface area contributed by atoms with Crippen LogP contribution >= 0.6 is 0 Å². The maximum absolute atomic E-state index is 12.1. The van der Waals surface area contributed by atoms with Gasteiger partial charge in [-0.15, -0.1) is 0 Å². The van der Waals surface area contributed by atoms with E-state index in [2.05, 4.69) is 17.4 Å². The maximum Gasteiger partial charge on any atom is 0.407 e. The summed E-state index contributed by atoms with van der Waals surface area (Å²) in [7, 11) is 0. The number of hydrogen-bond donors (Lipinski definition) is 2. The first-order valence-electron chi connectivity index (χ1n) is 9.04. The Kier molecular flexibility index (Phi) is 6.08. The number of ether oxygens (including phenoxy) is 2. The number of amides is 1. The molecule has 2 N–H and O–H groups in total. The molecular formula is C21H23NO5. The predicted octanol–water partition coefficient (Wildman–Crippen LogP) is 3.40. The Balaban J connectivity index is 1.64. The summed E-state index contributed by atoms with van der Waals surface area (Å²) in [6.07, 6.45) is 0.0152. The van der Waals surface area contributed by atoms with Crippen LogP contribution < -0.4 is 5.32 Å². The van der Waals surface area contributed by atoms with Crippen molar-refractivity contribution in [2.75, 3.05) is 19.8 Å². The van der Waals surface area contributed by atoms with E-state index in [1.165, 1.54) is 0 Å². The van der Waals surface area contributed by atoms with Gasteiger partial charge in [0.2, 0.25) is 0 Å². The minimum Gasteiger partial charge on any atom is -0.480 e. The molecule has 142 valence electrons. The second kappa shape index (κ2) is 8.68. The lowest BCUT2D eigenvalue weighted by molar-refractivity contribution is -0.141. The van der Waals surface area contributed by atoms with Crippen LogP contribution in [0, 0.1) is 0 Å². The van der Waals surface area contributed by atoms with Crippen molar-refractivity contribution in [3.63, 3.8) is 0 Å². The van der Waals surface area contributed by atoms with Gasteiger partial charge >= 0.3 is 12.1 Å². The number of carboxylic acids is 1. The first kappa shape index (κ1) is 18.9. The molecule has 0 aromatic heterocycles. The molecule has 1 atom stereocenters. The maximum atomic E-state index is 12.1. The highest BCUT2D eigenvalue weighted by Gasteiger charge is 2.29. The van der Waals surface area contributed by atoms with Crippen LogP contribution in [0.25, 0.3) is 11.1 Å². The van der Waals surface area contributed by atoms with Crippen LogP contribution in [-0.4, -0.2) is 43.0 Å². The van der Waals surface area contributed by atoms with Crippen LogP contribution in [0.4, 0.5) is 4.79 Å². The Hall–Kier alpha value is -2.86. The van der Waals surface area contributed by atoms with Crippen LogP contribution in [0.1, 0.15) is 30.4 Å². The second-order valence-electron chi connectivity index (χ2n) is 6.44. The van der Waals surface area contributed by atoms with Gasteiger partial charge in [0.25, 0.3) is 0 Å². The average Bonchev–Trinajstić information content (AvgIpc) is 2.99. The first-order chi connectivity index (χ1) is 13.1. The van der Waals surface area contributed by atoms with Crippen molar-refractivity contribution in [2.45, 2.75) is 25.3 Å². The molecule has 0 unspecified atom stereocenters. The SMILES string of the molecule is CCCOC[C@@H](NC(=O)OCC1c2ccccc2-c2ccccc21)C(=O)O. The summed E-state index contributed by atoms with van der Waals surface area (Å²) in [5, 5.41) is 11.6. The molecule has 1 aliphatic carbocycles. The molecule has 0 saturated carbocycles. The largest absolute Gasteiger partial charge is 0.480 e. The van der Waals surface area contributed by atoms with E-state index in [9.17, 15) is 14.7 Å². The van der Waals surface area contributed by atoms with Gasteiger partial charge in [0, 0.05) is 12.5 Å². The lowest BCUT2D eigenvalue weighted by atomic mass is 9.98. The van der Waals surface area contributed by atoms with E-state index in [1.807, 2.05) is 43.3 Å². The molecule has 0 bridgehead atoms. The number of carbonyl (C=O) groups is 2. The third-order valence-electron chi connectivity index (χ3n) is 4.57. The second-order valence-corrected chi connectivity index (χ2v) is 6.44. The summed E-state index contributed by atoms with van der Waals surface area (Å²) < 4.78 is 10.6. The smallest absolute Gasteiger partial charge is 0.407 e. The quantitative estimate of drug-likeness (QED) is 0.697. The van der Waals surface area contributed by atoms with Gasteiger partial charge < -0.3 is 19.9 Å². The number of carbonyl (C=O) groups excluding carboxylic acids is 1. The van der Waals surface area contributed by atoms with Crippen LogP contribution in [0.5, 0.6) is 0 Å². The van der Waals surface area contributed by atoms with Crippen molar-refractivity contribution in [3.8, 4) is 11.1 Å². The summed E-state index contributed by atoms with van der Waals surface area (Å²) in [5.74, 6) is -1.22. The van der Waals surface area contributed by atoms with Crippen molar-refractivity contribution in [1.82, 2.24) is 5.32 Å². The Morgan fingerprint density at radius 3 is 2.22 bits per heavy atom. The number of benzene rings is 2. The van der Waals surface area contributed by atoms with Gasteiger partial charge in [-0.1, -0.05) is 55.5 Å². The topological polar surface area (TPSA) is 84.9 Å². The highest BCUT2D eigenvalue weighted by atomic mass is 16.5. The molecular weight excluding hydrogens is 346 g/mol. The summed E-state index contributed by atoms with van der Waals surface area (Å²) in [5.41, 5.74) is 4.48. The molecule has 1 aliphatic rings. The number of fused-ring (bicyclic) bond motifs is 3. The molecule has 3 rings (SSSR count). The number of nitrogens with one attached hydrogen (secondary N) is 1. The minimum atomic E-state index is -1.15. The monoisotopic (exact) mass is 369 g/mol. The fourth-order valence-electron chi connectivity index (χ4n) is 3.30. The summed E-state index contributed by atoms with van der Waals surface area (Å²) in [6.45, 7) is 2.42. The Morgan fingerprint density at radius 1 is 1.07 bits per heavy atom. The number of alkyl carbamates (subject to hydrolysis) is 1. The van der Waals surface area contributed by atoms with E-state index in [-0.39, 0.29) is 19.1 Å². The Morgan fingerprint density at radius 2 is 1.67 bits per heavy atom. The number of rotatable bonds is 8. The molecule has 2 aromatic carbocycles. The lowest BCUT2D eigenvalue weighted by Gasteiger charge is -2.17. The highest BCUT2D eigenvalue weighted by Crippen LogP contribution is 2.44. The van der Waals surface area contributed by atoms with E-state index >= 15 is 0 Å². The summed E-state index contributed by atoms with van der Waals surface area (Å²) >= 11 is 0. The van der Waals surface area contributed by atoms with E-state index in [0.29, 0.717) is 6.61 Å². The van der Waals surface area contributed by atoms with Gasteiger partial charge in [0.05, 0.1) is 6.61 Å². The van der Waals surface area contributed by atoms with Crippen molar-refractivity contribution in [1.29, 1.82) is 0 Å². The Bertz CT molecular complexity index is 774. The molecule has 27 heavy (non-hydrogen) atoms. The molecule has 6 nitrogen and oxygen atoms in total. The fourth-order valence-corrected chi connectivity index (χ4v) is 3.30. The third kappa shape index (κ3) is 4.28. The average molecular weight is 369 g/mol. The van der Waals surface area contributed by atoms with Gasteiger partial charge in [-0.3, -0.25) is 0 Å². The van der Waals surface area contributed by atoms with Gasteiger partial charge in [-0.25, -0.2) is 9.59 Å². The molecule has 0 saturated heterocycles. The molecule has 1 amide bonds. The normalized spacial score (nSPS) is 13.5. The van der Waals surface area contributed by atoms with Crippen LogP contribution in [-0.2, 0) is 14.3 Å². The van der Waals surface area contributed by atoms with Gasteiger partial charge in [0.1, 0.15) is 6.61 Å². The lowest BCUT2D eigenvalue weighted by Crippen LogP contribution is -2.44. The molecule has 0 aliphatic heterocycles. The van der Waals surface area contributed by atoms with Gasteiger partial charge in [-0.05, 0) is 28.7 Å². The van der Waals surface area contributed by atoms with Gasteiger partial charge in [0.15, 0.2) is 6.04 Å². The van der Waals surface area contributed by atoms with Crippen LogP contribution in [0.3, 0.4) is 0 Å². The molecule has 0 spiro atoms. The van der Waals surface area contributed by atoms with Crippen molar-refractivity contribution in [2.24, 2.45) is 0 Å². The third-order valence-corrected chi connectivity index (χ3v) is 4.57. The van der Waals surface area contributed by atoms with E-state index in [0.717, 1.165) is 28.7 Å². The van der Waals surface area contributed by atoms with Crippen LogP contribution in [0.15, 0.2) is 48.5 Å². The van der Waals surface area contributed by atoms with E-state index in [4.69, 9.17) is 9.47 Å². The molecule has 2 aromatic rings. The molecule has 0 heterocycles. The van der Waals surface area contributed by atoms with Crippen molar-refractivity contribution in [3.05, 3.63) is 59.7 Å². The molecule has 0 radical (unpaired) electrons. The predicted molar refractivity (Wildman–Crippen MR) is 101 cm³/mol. The zero-order valence-corrected chi connectivity index (χ0v) is 15.2. The zero-order valence-electron chi connectivity index (χ0n) is 15.2. The Labute approximate surface area is 158 Å². The standard InChI is InChI=1S/C21H23NO5/c1-2-11-26-13-19(20(23)24)22-21(25)27-12-18-16-9-5-3-7-14(16)15-8-4-6-10-17(15)18/h3-10,18-19H,2,11-13H2,1H3,(H,22,25)(H,23,24)/t19-/m1/s1. The number of aliphatic carboxylic acids is 1. The van der Waals surface area contributed by atoms with E-state index < -0.39 is 18.1 Å². The first-order valence-corrected chi connectivity index (χ1v) is 9.04. The highest BCUT2D eigenvalue weighted by molar-refractivity contribution is 5.81. The minimum absolute atomic E-state index is 0.0669. The number of carboxylic acid groups (broad SMARTS) is 1. The van der Waals surface area contributed by atoms with Crippen molar-refractivity contribution < 1.29 is 24.2 Å². The number of hydrogen-bond acceptors (Lipinski definition) is 4. The van der Waals surface area contributed by atoms with Crippen molar-refractivity contribution >= 4 is 12.1 Å². The van der Waals surface area contributed by atoms with E-state index in [1.54, 1.807) is 0 Å². The summed E-state index contributed by atoms with van der Waals surface area (Å²) in [4.78, 5) is 23.4. The summed E-state index contributed by atoms with van der Waals surface area (Å²) in [6, 6.07) is 14.9. The zero-order chi connectivity index (χ0) is 19.2. The molecule has 6 heteroatoms. The van der Waals surface area contributed by atoms with Gasteiger partial charge in [-0.2, -0.15) is 0 Å². The molecule has 0 fully saturated rings.